The molecular formula is C13H16O5. The number of hydrogen-bond donors (Lipinski definition) is 1. The first-order valence-electron chi connectivity index (χ1n) is 6.00. The van der Waals surface area contributed by atoms with Crippen LogP contribution in [0.25, 0.3) is 0 Å². The molecule has 18 heavy (non-hydrogen) atoms. The van der Waals surface area contributed by atoms with Crippen molar-refractivity contribution in [1.82, 2.24) is 0 Å². The fourth-order valence-electron chi connectivity index (χ4n) is 1.72. The monoisotopic (exact) mass is 252 g/mol. The molecule has 0 radical (unpaired) electrons. The molecule has 0 bridgehead atoms. The van der Waals surface area contributed by atoms with Gasteiger partial charge in [-0.2, -0.15) is 0 Å². The number of aliphatic carboxylic acids is 1. The number of hydrogen-bond acceptors (Lipinski definition) is 4. The number of benzene rings is 1. The van der Waals surface area contributed by atoms with E-state index in [0.717, 1.165) is 0 Å². The first-order chi connectivity index (χ1) is 8.77. The summed E-state index contributed by atoms with van der Waals surface area (Å²) in [5.74, 6) is 1.22. The molecule has 0 spiro atoms. The highest BCUT2D eigenvalue weighted by Crippen LogP contribution is 2.38. The number of rotatable bonds is 6. The van der Waals surface area contributed by atoms with Crippen molar-refractivity contribution >= 4 is 5.97 Å². The van der Waals surface area contributed by atoms with Crippen LogP contribution in [0.1, 0.15) is 19.3 Å². The first kappa shape index (κ1) is 12.5. The Morgan fingerprint density at radius 3 is 2.94 bits per heavy atom. The van der Waals surface area contributed by atoms with Gasteiger partial charge in [-0.1, -0.05) is 6.07 Å². The Labute approximate surface area is 105 Å². The van der Waals surface area contributed by atoms with Gasteiger partial charge < -0.3 is 19.3 Å². The maximum atomic E-state index is 10.3. The van der Waals surface area contributed by atoms with E-state index in [1.165, 1.54) is 0 Å². The molecule has 1 heterocycles. The molecule has 0 amide bonds. The van der Waals surface area contributed by atoms with Crippen molar-refractivity contribution < 1.29 is 24.1 Å². The second-order valence-corrected chi connectivity index (χ2v) is 3.98. The van der Waals surface area contributed by atoms with E-state index in [-0.39, 0.29) is 6.42 Å². The fraction of sp³-hybridized carbons (Fsp3) is 0.462. The predicted octanol–water partition coefficient (Wildman–Crippen LogP) is 2.09. The van der Waals surface area contributed by atoms with Crippen molar-refractivity contribution in [1.29, 1.82) is 0 Å². The van der Waals surface area contributed by atoms with Gasteiger partial charge in [0.25, 0.3) is 0 Å². The minimum atomic E-state index is -0.774. The van der Waals surface area contributed by atoms with Gasteiger partial charge in [0.2, 0.25) is 5.75 Å². The topological polar surface area (TPSA) is 65.0 Å². The lowest BCUT2D eigenvalue weighted by atomic mass is 10.2. The highest BCUT2D eigenvalue weighted by molar-refractivity contribution is 5.66. The van der Waals surface area contributed by atoms with E-state index in [1.807, 2.05) is 18.2 Å². The first-order valence-corrected chi connectivity index (χ1v) is 6.00. The summed E-state index contributed by atoms with van der Waals surface area (Å²) in [6, 6.07) is 5.51. The Hall–Kier alpha value is -1.91. The quantitative estimate of drug-likeness (QED) is 0.785. The summed E-state index contributed by atoms with van der Waals surface area (Å²) in [5.41, 5.74) is 0. The second-order valence-electron chi connectivity index (χ2n) is 3.98. The molecule has 0 saturated carbocycles. The summed E-state index contributed by atoms with van der Waals surface area (Å²) >= 11 is 0. The molecule has 0 unspecified atom stereocenters. The van der Waals surface area contributed by atoms with Crippen LogP contribution in [0, 0.1) is 0 Å². The third-order valence-corrected chi connectivity index (χ3v) is 2.57. The molecule has 1 N–H and O–H groups in total. The molecule has 2 rings (SSSR count). The van der Waals surface area contributed by atoms with Crippen LogP contribution < -0.4 is 14.2 Å². The lowest BCUT2D eigenvalue weighted by Crippen LogP contribution is -2.16. The Bertz CT molecular complexity index is 416. The number of carbonyl (C=O) groups is 1. The largest absolute Gasteiger partial charge is 0.490 e. The Morgan fingerprint density at radius 2 is 2.11 bits per heavy atom. The van der Waals surface area contributed by atoms with Gasteiger partial charge in [-0.15, -0.1) is 0 Å². The number of carboxylic acid groups (broad SMARTS) is 1. The van der Waals surface area contributed by atoms with Crippen molar-refractivity contribution in [2.75, 3.05) is 19.8 Å². The van der Waals surface area contributed by atoms with Gasteiger partial charge >= 0.3 is 5.97 Å². The number of unbranched alkanes of at least 4 members (excludes halogenated alkanes) is 1. The summed E-state index contributed by atoms with van der Waals surface area (Å²) in [7, 11) is 0. The zero-order valence-corrected chi connectivity index (χ0v) is 10.1. The van der Waals surface area contributed by atoms with Crippen LogP contribution in [0.3, 0.4) is 0 Å². The molecule has 1 aromatic carbocycles. The standard InChI is InChI=1S/C13H16O5/c14-12(15)6-1-2-7-16-10-4-3-5-11-13(10)18-9-8-17-11/h3-5H,1-2,6-9H2,(H,14,15). The Balaban J connectivity index is 1.84. The molecule has 1 aromatic rings. The van der Waals surface area contributed by atoms with E-state index in [0.29, 0.717) is 49.9 Å². The van der Waals surface area contributed by atoms with Crippen molar-refractivity contribution in [3.63, 3.8) is 0 Å². The molecule has 98 valence electrons. The molecule has 0 fully saturated rings. The second kappa shape index (κ2) is 6.14. The minimum Gasteiger partial charge on any atom is -0.490 e. The third kappa shape index (κ3) is 3.29. The molecule has 1 aliphatic rings. The van der Waals surface area contributed by atoms with Gasteiger partial charge in [-0.3, -0.25) is 4.79 Å². The van der Waals surface area contributed by atoms with Crippen LogP contribution in [0.4, 0.5) is 0 Å². The summed E-state index contributed by atoms with van der Waals surface area (Å²) in [6.45, 7) is 1.55. The zero-order chi connectivity index (χ0) is 12.8. The van der Waals surface area contributed by atoms with Crippen molar-refractivity contribution in [3.05, 3.63) is 18.2 Å². The van der Waals surface area contributed by atoms with Crippen molar-refractivity contribution in [2.45, 2.75) is 19.3 Å². The summed E-state index contributed by atoms with van der Waals surface area (Å²) in [6.07, 6.45) is 1.49. The van der Waals surface area contributed by atoms with Crippen LogP contribution in [0.2, 0.25) is 0 Å². The maximum Gasteiger partial charge on any atom is 0.303 e. The SMILES string of the molecule is O=C(O)CCCCOc1cccc2c1OCCO2. The minimum absolute atomic E-state index is 0.176. The fourth-order valence-corrected chi connectivity index (χ4v) is 1.72. The van der Waals surface area contributed by atoms with E-state index in [9.17, 15) is 4.79 Å². The molecule has 0 saturated heterocycles. The molecule has 0 atom stereocenters. The summed E-state index contributed by atoms with van der Waals surface area (Å²) in [4.78, 5) is 10.3. The van der Waals surface area contributed by atoms with Crippen LogP contribution in [0.15, 0.2) is 18.2 Å². The van der Waals surface area contributed by atoms with E-state index >= 15 is 0 Å². The van der Waals surface area contributed by atoms with Crippen LogP contribution in [-0.2, 0) is 4.79 Å². The lowest BCUT2D eigenvalue weighted by Gasteiger charge is -2.20. The van der Waals surface area contributed by atoms with Crippen LogP contribution >= 0.6 is 0 Å². The molecule has 0 aromatic heterocycles. The van der Waals surface area contributed by atoms with Crippen LogP contribution in [0.5, 0.6) is 17.2 Å². The maximum absolute atomic E-state index is 10.3. The van der Waals surface area contributed by atoms with Gasteiger partial charge in [0.15, 0.2) is 11.5 Å². The van der Waals surface area contributed by atoms with Gasteiger partial charge in [-0.25, -0.2) is 0 Å². The number of carboxylic acids is 1. The van der Waals surface area contributed by atoms with Gasteiger partial charge in [0.05, 0.1) is 6.61 Å². The average Bonchev–Trinajstić information content (AvgIpc) is 2.38. The van der Waals surface area contributed by atoms with E-state index in [1.54, 1.807) is 0 Å². The molecule has 5 heteroatoms. The van der Waals surface area contributed by atoms with Gasteiger partial charge in [0, 0.05) is 6.42 Å². The highest BCUT2D eigenvalue weighted by Gasteiger charge is 2.16. The third-order valence-electron chi connectivity index (χ3n) is 2.57. The lowest BCUT2D eigenvalue weighted by molar-refractivity contribution is -0.137. The van der Waals surface area contributed by atoms with E-state index in [2.05, 4.69) is 0 Å². The smallest absolute Gasteiger partial charge is 0.303 e. The van der Waals surface area contributed by atoms with E-state index in [4.69, 9.17) is 19.3 Å². The normalized spacial score (nSPS) is 13.1. The number of para-hydroxylation sites is 1. The summed E-state index contributed by atoms with van der Waals surface area (Å²) in [5, 5.41) is 8.51. The number of ether oxygens (including phenoxy) is 3. The Kier molecular flexibility index (Phi) is 4.28. The zero-order valence-electron chi connectivity index (χ0n) is 10.1. The van der Waals surface area contributed by atoms with Crippen LogP contribution in [-0.4, -0.2) is 30.9 Å². The highest BCUT2D eigenvalue weighted by atomic mass is 16.6. The number of fused-ring (bicyclic) bond motifs is 1. The van der Waals surface area contributed by atoms with Gasteiger partial charge in [0.1, 0.15) is 13.2 Å². The summed E-state index contributed by atoms with van der Waals surface area (Å²) < 4.78 is 16.5. The van der Waals surface area contributed by atoms with Gasteiger partial charge in [-0.05, 0) is 25.0 Å². The van der Waals surface area contributed by atoms with E-state index < -0.39 is 5.97 Å². The Morgan fingerprint density at radius 1 is 1.28 bits per heavy atom. The molecule has 5 nitrogen and oxygen atoms in total. The molecule has 0 aliphatic carbocycles. The van der Waals surface area contributed by atoms with Crippen molar-refractivity contribution in [3.8, 4) is 17.2 Å². The molecular weight excluding hydrogens is 236 g/mol. The average molecular weight is 252 g/mol. The predicted molar refractivity (Wildman–Crippen MR) is 64.4 cm³/mol. The van der Waals surface area contributed by atoms with Crippen molar-refractivity contribution in [2.24, 2.45) is 0 Å². The molecule has 1 aliphatic heterocycles.